The SMILES string of the molecule is [c]1ccnc2cccc(C3CCNCC3)c12. The smallest absolute Gasteiger partial charge is 0.0711 e. The molecule has 16 heavy (non-hydrogen) atoms. The summed E-state index contributed by atoms with van der Waals surface area (Å²) in [6, 6.07) is 11.7. The fourth-order valence-corrected chi connectivity index (χ4v) is 2.53. The number of pyridine rings is 1. The summed E-state index contributed by atoms with van der Waals surface area (Å²) in [6.07, 6.45) is 4.26. The quantitative estimate of drug-likeness (QED) is 0.784. The number of benzene rings is 1. The zero-order valence-electron chi connectivity index (χ0n) is 9.24. The van der Waals surface area contributed by atoms with Crippen molar-refractivity contribution in [2.75, 3.05) is 13.1 Å². The average molecular weight is 211 g/mol. The topological polar surface area (TPSA) is 24.9 Å². The van der Waals surface area contributed by atoms with Gasteiger partial charge in [-0.1, -0.05) is 12.1 Å². The molecule has 0 bridgehead atoms. The molecule has 2 heterocycles. The van der Waals surface area contributed by atoms with E-state index in [1.165, 1.54) is 23.8 Å². The number of fused-ring (bicyclic) bond motifs is 1. The van der Waals surface area contributed by atoms with Crippen LogP contribution >= 0.6 is 0 Å². The van der Waals surface area contributed by atoms with E-state index < -0.39 is 0 Å². The summed E-state index contributed by atoms with van der Waals surface area (Å²) < 4.78 is 0. The minimum absolute atomic E-state index is 0.672. The third-order valence-electron chi connectivity index (χ3n) is 3.37. The molecule has 2 aromatic rings. The summed E-state index contributed by atoms with van der Waals surface area (Å²) in [5, 5.41) is 4.61. The molecular weight excluding hydrogens is 196 g/mol. The highest BCUT2D eigenvalue weighted by atomic mass is 14.9. The normalized spacial score (nSPS) is 17.8. The van der Waals surface area contributed by atoms with Gasteiger partial charge in [-0.25, -0.2) is 0 Å². The van der Waals surface area contributed by atoms with E-state index >= 15 is 0 Å². The average Bonchev–Trinajstić information content (AvgIpc) is 2.39. The first-order valence-corrected chi connectivity index (χ1v) is 5.91. The molecule has 1 radical (unpaired) electrons. The Morgan fingerprint density at radius 3 is 3.00 bits per heavy atom. The Hall–Kier alpha value is -1.41. The predicted molar refractivity (Wildman–Crippen MR) is 65.4 cm³/mol. The van der Waals surface area contributed by atoms with Crippen molar-refractivity contribution in [2.45, 2.75) is 18.8 Å². The second kappa shape index (κ2) is 4.22. The molecule has 1 aliphatic heterocycles. The van der Waals surface area contributed by atoms with Crippen molar-refractivity contribution in [1.29, 1.82) is 0 Å². The zero-order chi connectivity index (χ0) is 10.8. The lowest BCUT2D eigenvalue weighted by Gasteiger charge is -2.23. The van der Waals surface area contributed by atoms with Crippen LogP contribution in [0.2, 0.25) is 0 Å². The molecule has 0 atom stereocenters. The van der Waals surface area contributed by atoms with Gasteiger partial charge >= 0.3 is 0 Å². The van der Waals surface area contributed by atoms with E-state index in [2.05, 4.69) is 34.6 Å². The minimum Gasteiger partial charge on any atom is -0.317 e. The second-order valence-electron chi connectivity index (χ2n) is 4.35. The molecule has 0 amide bonds. The van der Waals surface area contributed by atoms with E-state index in [0.717, 1.165) is 18.6 Å². The lowest BCUT2D eigenvalue weighted by molar-refractivity contribution is 0.462. The van der Waals surface area contributed by atoms with E-state index in [1.54, 1.807) is 0 Å². The number of nitrogens with one attached hydrogen (secondary N) is 1. The fraction of sp³-hybridized carbons (Fsp3) is 0.357. The van der Waals surface area contributed by atoms with Crippen LogP contribution in [0, 0.1) is 6.07 Å². The lowest BCUT2D eigenvalue weighted by Crippen LogP contribution is -2.26. The molecular formula is C14H15N2. The number of hydrogen-bond acceptors (Lipinski definition) is 2. The molecule has 1 aromatic heterocycles. The molecule has 1 fully saturated rings. The molecule has 0 saturated carbocycles. The van der Waals surface area contributed by atoms with Gasteiger partial charge in [-0.3, -0.25) is 4.98 Å². The molecule has 0 aliphatic carbocycles. The molecule has 3 rings (SSSR count). The van der Waals surface area contributed by atoms with Gasteiger partial charge in [-0.05, 0) is 55.6 Å². The van der Waals surface area contributed by atoms with Crippen molar-refractivity contribution < 1.29 is 0 Å². The first-order chi connectivity index (χ1) is 7.95. The number of hydrogen-bond donors (Lipinski definition) is 1. The first kappa shape index (κ1) is 9.79. The summed E-state index contributed by atoms with van der Waals surface area (Å²) in [5.41, 5.74) is 2.49. The van der Waals surface area contributed by atoms with Crippen molar-refractivity contribution in [2.24, 2.45) is 0 Å². The van der Waals surface area contributed by atoms with Crippen molar-refractivity contribution in [3.8, 4) is 0 Å². The number of rotatable bonds is 1. The van der Waals surface area contributed by atoms with Crippen LogP contribution in [0.15, 0.2) is 30.5 Å². The summed E-state index contributed by atoms with van der Waals surface area (Å²) in [7, 11) is 0. The molecule has 81 valence electrons. The number of piperidine rings is 1. The molecule has 1 aromatic carbocycles. The maximum absolute atomic E-state index is 4.39. The Balaban J connectivity index is 2.08. The monoisotopic (exact) mass is 211 g/mol. The fourth-order valence-electron chi connectivity index (χ4n) is 2.53. The van der Waals surface area contributed by atoms with Crippen LogP contribution in [0.1, 0.15) is 24.3 Å². The van der Waals surface area contributed by atoms with Gasteiger partial charge < -0.3 is 5.32 Å². The molecule has 0 unspecified atom stereocenters. The summed E-state index contributed by atoms with van der Waals surface area (Å²) in [4.78, 5) is 4.39. The Bertz CT molecular complexity index is 482. The molecule has 1 saturated heterocycles. The standard InChI is InChI=1S/C14H15N2/c1-3-12(11-6-9-15-10-7-11)13-4-2-8-16-14(13)5-1/h1-3,5,8,11,15H,6-7,9-10H2. The van der Waals surface area contributed by atoms with Gasteiger partial charge in [-0.15, -0.1) is 0 Å². The van der Waals surface area contributed by atoms with Gasteiger partial charge in [0.15, 0.2) is 0 Å². The first-order valence-electron chi connectivity index (χ1n) is 5.91. The lowest BCUT2D eigenvalue weighted by atomic mass is 9.88. The van der Waals surface area contributed by atoms with Crippen molar-refractivity contribution in [1.82, 2.24) is 10.3 Å². The highest BCUT2D eigenvalue weighted by Gasteiger charge is 2.17. The van der Waals surface area contributed by atoms with Gasteiger partial charge in [0.25, 0.3) is 0 Å². The highest BCUT2D eigenvalue weighted by Crippen LogP contribution is 2.30. The number of aromatic nitrogens is 1. The Morgan fingerprint density at radius 2 is 2.12 bits per heavy atom. The Labute approximate surface area is 95.7 Å². The van der Waals surface area contributed by atoms with E-state index in [9.17, 15) is 0 Å². The molecule has 2 heteroatoms. The summed E-state index contributed by atoms with van der Waals surface area (Å²) in [5.74, 6) is 0.672. The van der Waals surface area contributed by atoms with E-state index in [4.69, 9.17) is 0 Å². The third kappa shape index (κ3) is 1.69. The summed E-state index contributed by atoms with van der Waals surface area (Å²) >= 11 is 0. The van der Waals surface area contributed by atoms with Crippen LogP contribution in [0.5, 0.6) is 0 Å². The Morgan fingerprint density at radius 1 is 1.25 bits per heavy atom. The van der Waals surface area contributed by atoms with E-state index in [1.807, 2.05) is 12.3 Å². The van der Waals surface area contributed by atoms with Gasteiger partial charge in [0.05, 0.1) is 5.52 Å². The van der Waals surface area contributed by atoms with Crippen molar-refractivity contribution in [3.63, 3.8) is 0 Å². The van der Waals surface area contributed by atoms with Crippen LogP contribution in [0.25, 0.3) is 10.9 Å². The van der Waals surface area contributed by atoms with Crippen LogP contribution < -0.4 is 5.32 Å². The van der Waals surface area contributed by atoms with Crippen LogP contribution in [-0.4, -0.2) is 18.1 Å². The van der Waals surface area contributed by atoms with Gasteiger partial charge in [0, 0.05) is 11.6 Å². The number of nitrogens with zero attached hydrogens (tertiary/aromatic N) is 1. The van der Waals surface area contributed by atoms with Crippen LogP contribution in [-0.2, 0) is 0 Å². The van der Waals surface area contributed by atoms with Gasteiger partial charge in [-0.2, -0.15) is 0 Å². The summed E-state index contributed by atoms with van der Waals surface area (Å²) in [6.45, 7) is 2.25. The zero-order valence-corrected chi connectivity index (χ0v) is 9.24. The van der Waals surface area contributed by atoms with E-state index in [-0.39, 0.29) is 0 Å². The third-order valence-corrected chi connectivity index (χ3v) is 3.37. The molecule has 0 spiro atoms. The Kier molecular flexibility index (Phi) is 2.58. The van der Waals surface area contributed by atoms with Gasteiger partial charge in [0.2, 0.25) is 0 Å². The maximum atomic E-state index is 4.39. The van der Waals surface area contributed by atoms with Crippen LogP contribution in [0.3, 0.4) is 0 Å². The largest absolute Gasteiger partial charge is 0.317 e. The van der Waals surface area contributed by atoms with E-state index in [0.29, 0.717) is 5.92 Å². The molecule has 1 aliphatic rings. The van der Waals surface area contributed by atoms with Crippen molar-refractivity contribution >= 4 is 10.9 Å². The minimum atomic E-state index is 0.672. The maximum Gasteiger partial charge on any atom is 0.0711 e. The van der Waals surface area contributed by atoms with Gasteiger partial charge in [0.1, 0.15) is 0 Å². The van der Waals surface area contributed by atoms with Crippen molar-refractivity contribution in [3.05, 3.63) is 42.1 Å². The van der Waals surface area contributed by atoms with Crippen LogP contribution in [0.4, 0.5) is 0 Å². The molecule has 2 nitrogen and oxygen atoms in total. The predicted octanol–water partition coefficient (Wildman–Crippen LogP) is 2.50. The molecule has 1 N–H and O–H groups in total. The highest BCUT2D eigenvalue weighted by molar-refractivity contribution is 5.81. The second-order valence-corrected chi connectivity index (χ2v) is 4.35.